The molecule has 0 radical (unpaired) electrons. The normalized spacial score (nSPS) is 11.7. The summed E-state index contributed by atoms with van der Waals surface area (Å²) in [6.07, 6.45) is 3.89. The summed E-state index contributed by atoms with van der Waals surface area (Å²) in [6, 6.07) is 18.5. The third kappa shape index (κ3) is 5.16. The second-order valence-electron chi connectivity index (χ2n) is 7.19. The van der Waals surface area contributed by atoms with E-state index in [0.717, 1.165) is 16.5 Å². The summed E-state index contributed by atoms with van der Waals surface area (Å²) < 4.78 is 5.88. The molecule has 1 atom stereocenters. The Morgan fingerprint density at radius 1 is 1.06 bits per heavy atom. The van der Waals surface area contributed by atoms with Crippen LogP contribution in [0.25, 0.3) is 10.9 Å². The monoisotopic (exact) mass is 429 g/mol. The van der Waals surface area contributed by atoms with E-state index in [1.807, 2.05) is 42.5 Å². The average Bonchev–Trinajstić information content (AvgIpc) is 2.84. The van der Waals surface area contributed by atoms with Gasteiger partial charge in [-0.15, -0.1) is 0 Å². The molecular formula is C24H23N5O3. The van der Waals surface area contributed by atoms with E-state index >= 15 is 0 Å². The number of nitrogens with zero attached hydrogens (tertiary/aromatic N) is 3. The molecule has 8 nitrogen and oxygen atoms in total. The van der Waals surface area contributed by atoms with Gasteiger partial charge in [0, 0.05) is 30.9 Å². The lowest BCUT2D eigenvalue weighted by Gasteiger charge is -2.16. The molecule has 8 heteroatoms. The molecule has 0 saturated carbocycles. The van der Waals surface area contributed by atoms with E-state index in [-0.39, 0.29) is 24.2 Å². The number of amides is 1. The highest BCUT2D eigenvalue weighted by Gasteiger charge is 2.11. The van der Waals surface area contributed by atoms with Gasteiger partial charge in [0.15, 0.2) is 0 Å². The molecule has 0 aliphatic rings. The number of aliphatic hydroxyl groups excluding tert-OH is 1. The van der Waals surface area contributed by atoms with Crippen LogP contribution in [0.1, 0.15) is 16.1 Å². The van der Waals surface area contributed by atoms with E-state index in [1.54, 1.807) is 31.4 Å². The first-order valence-corrected chi connectivity index (χ1v) is 10.2. The molecule has 3 N–H and O–H groups in total. The highest BCUT2D eigenvalue weighted by molar-refractivity contribution is 5.92. The van der Waals surface area contributed by atoms with E-state index in [9.17, 15) is 9.90 Å². The van der Waals surface area contributed by atoms with E-state index in [4.69, 9.17) is 4.74 Å². The van der Waals surface area contributed by atoms with Crippen LogP contribution < -0.4 is 15.4 Å². The van der Waals surface area contributed by atoms with Crippen LogP contribution in [0.5, 0.6) is 11.5 Å². The zero-order chi connectivity index (χ0) is 22.3. The number of nitrogens with one attached hydrogen (secondary N) is 2. The van der Waals surface area contributed by atoms with Gasteiger partial charge in [0.2, 0.25) is 5.95 Å². The SMILES string of the molecule is CNC(=O)c1cc(Oc2ccc3nc(NC(CO)Cc4ccccc4)ncc3c2)ccn1. The van der Waals surface area contributed by atoms with Crippen molar-refractivity contribution in [3.63, 3.8) is 0 Å². The molecule has 1 unspecified atom stereocenters. The van der Waals surface area contributed by atoms with Crippen molar-refractivity contribution in [1.29, 1.82) is 0 Å². The summed E-state index contributed by atoms with van der Waals surface area (Å²) in [5.74, 6) is 1.26. The Morgan fingerprint density at radius 3 is 2.66 bits per heavy atom. The van der Waals surface area contributed by atoms with Crippen molar-refractivity contribution in [1.82, 2.24) is 20.3 Å². The summed E-state index contributed by atoms with van der Waals surface area (Å²) in [6.45, 7) is -0.0347. The average molecular weight is 429 g/mol. The van der Waals surface area contributed by atoms with Gasteiger partial charge in [0.05, 0.1) is 18.2 Å². The molecule has 0 aliphatic carbocycles. The van der Waals surface area contributed by atoms with Crippen molar-refractivity contribution in [3.05, 3.63) is 84.3 Å². The van der Waals surface area contributed by atoms with Gasteiger partial charge in [-0.25, -0.2) is 9.97 Å². The number of pyridine rings is 1. The fourth-order valence-electron chi connectivity index (χ4n) is 3.25. The van der Waals surface area contributed by atoms with Gasteiger partial charge in [-0.1, -0.05) is 30.3 Å². The largest absolute Gasteiger partial charge is 0.457 e. The lowest BCUT2D eigenvalue weighted by Crippen LogP contribution is -2.27. The quantitative estimate of drug-likeness (QED) is 0.395. The molecule has 32 heavy (non-hydrogen) atoms. The fraction of sp³-hybridized carbons (Fsp3) is 0.167. The molecule has 0 saturated heterocycles. The van der Waals surface area contributed by atoms with Crippen LogP contribution in [0.2, 0.25) is 0 Å². The Balaban J connectivity index is 1.48. The number of benzene rings is 2. The third-order valence-electron chi connectivity index (χ3n) is 4.86. The summed E-state index contributed by atoms with van der Waals surface area (Å²) in [5.41, 5.74) is 2.14. The van der Waals surface area contributed by atoms with Gasteiger partial charge >= 0.3 is 0 Å². The Hall–Kier alpha value is -4.04. The number of ether oxygens (including phenoxy) is 1. The standard InChI is InChI=1S/C24H23N5O3/c1-25-23(31)22-13-20(9-10-26-22)32-19-7-8-21-17(12-19)14-27-24(29-21)28-18(15-30)11-16-5-3-2-4-6-16/h2-10,12-14,18,30H,11,15H2,1H3,(H,25,31)(H,27,28,29). The van der Waals surface area contributed by atoms with Crippen LogP contribution in [0.15, 0.2) is 73.1 Å². The number of aliphatic hydroxyl groups is 1. The number of anilines is 1. The molecule has 4 rings (SSSR count). The summed E-state index contributed by atoms with van der Waals surface area (Å²) in [5, 5.41) is 16.3. The molecule has 0 aliphatic heterocycles. The molecule has 162 valence electrons. The van der Waals surface area contributed by atoms with Crippen LogP contribution in [0.3, 0.4) is 0 Å². The minimum absolute atomic E-state index is 0.0347. The number of carbonyl (C=O) groups is 1. The van der Waals surface area contributed by atoms with Crippen molar-refractivity contribution in [3.8, 4) is 11.5 Å². The first kappa shape index (κ1) is 21.2. The summed E-state index contributed by atoms with van der Waals surface area (Å²) >= 11 is 0. The van der Waals surface area contributed by atoms with Crippen molar-refractivity contribution >= 4 is 22.8 Å². The first-order chi connectivity index (χ1) is 15.6. The first-order valence-electron chi connectivity index (χ1n) is 10.2. The van der Waals surface area contributed by atoms with Crippen molar-refractivity contribution < 1.29 is 14.6 Å². The number of aromatic nitrogens is 3. The van der Waals surface area contributed by atoms with Crippen molar-refractivity contribution in [2.45, 2.75) is 12.5 Å². The highest BCUT2D eigenvalue weighted by atomic mass is 16.5. The summed E-state index contributed by atoms with van der Waals surface area (Å²) in [4.78, 5) is 24.7. The molecule has 1 amide bonds. The Labute approximate surface area is 185 Å². The summed E-state index contributed by atoms with van der Waals surface area (Å²) in [7, 11) is 1.55. The maximum atomic E-state index is 11.8. The van der Waals surface area contributed by atoms with Crippen LogP contribution in [-0.2, 0) is 6.42 Å². The lowest BCUT2D eigenvalue weighted by molar-refractivity contribution is 0.0958. The maximum Gasteiger partial charge on any atom is 0.269 e. The van der Waals surface area contributed by atoms with E-state index in [0.29, 0.717) is 23.9 Å². The van der Waals surface area contributed by atoms with Gasteiger partial charge in [-0.3, -0.25) is 9.78 Å². The van der Waals surface area contributed by atoms with E-state index in [1.165, 1.54) is 6.20 Å². The molecule has 2 aromatic heterocycles. The van der Waals surface area contributed by atoms with Gasteiger partial charge < -0.3 is 20.5 Å². The predicted octanol–water partition coefficient (Wildman–Crippen LogP) is 3.19. The second-order valence-corrected chi connectivity index (χ2v) is 7.19. The van der Waals surface area contributed by atoms with Gasteiger partial charge in [-0.05, 0) is 36.2 Å². The number of carbonyl (C=O) groups excluding carboxylic acids is 1. The zero-order valence-electron chi connectivity index (χ0n) is 17.5. The number of rotatable bonds is 8. The van der Waals surface area contributed by atoms with Crippen LogP contribution in [0.4, 0.5) is 5.95 Å². The second kappa shape index (κ2) is 9.84. The van der Waals surface area contributed by atoms with Gasteiger partial charge in [0.1, 0.15) is 17.2 Å². The molecule has 0 spiro atoms. The minimum atomic E-state index is -0.282. The van der Waals surface area contributed by atoms with E-state index < -0.39 is 0 Å². The van der Waals surface area contributed by atoms with Crippen LogP contribution >= 0.6 is 0 Å². The molecule has 2 aromatic carbocycles. The van der Waals surface area contributed by atoms with Crippen LogP contribution in [-0.4, -0.2) is 45.7 Å². The number of hydrogen-bond donors (Lipinski definition) is 3. The predicted molar refractivity (Wildman–Crippen MR) is 122 cm³/mol. The minimum Gasteiger partial charge on any atom is -0.457 e. The number of hydrogen-bond acceptors (Lipinski definition) is 7. The maximum absolute atomic E-state index is 11.8. The zero-order valence-corrected chi connectivity index (χ0v) is 17.5. The molecule has 4 aromatic rings. The highest BCUT2D eigenvalue weighted by Crippen LogP contribution is 2.25. The van der Waals surface area contributed by atoms with E-state index in [2.05, 4.69) is 25.6 Å². The molecule has 0 fully saturated rings. The molecular weight excluding hydrogens is 406 g/mol. The molecule has 2 heterocycles. The third-order valence-corrected chi connectivity index (χ3v) is 4.86. The molecule has 0 bridgehead atoms. The van der Waals surface area contributed by atoms with Crippen LogP contribution in [0, 0.1) is 0 Å². The van der Waals surface area contributed by atoms with Gasteiger partial charge in [0.25, 0.3) is 5.91 Å². The fourth-order valence-corrected chi connectivity index (χ4v) is 3.25. The van der Waals surface area contributed by atoms with Gasteiger partial charge in [-0.2, -0.15) is 0 Å². The van der Waals surface area contributed by atoms with Crippen molar-refractivity contribution in [2.75, 3.05) is 19.0 Å². The smallest absolute Gasteiger partial charge is 0.269 e. The van der Waals surface area contributed by atoms with Crippen molar-refractivity contribution in [2.24, 2.45) is 0 Å². The lowest BCUT2D eigenvalue weighted by atomic mass is 10.1. The topological polar surface area (TPSA) is 109 Å². The number of fused-ring (bicyclic) bond motifs is 1. The Kier molecular flexibility index (Phi) is 6.52. The Morgan fingerprint density at radius 2 is 1.88 bits per heavy atom. The Bertz CT molecular complexity index is 1220.